The van der Waals surface area contributed by atoms with Gasteiger partial charge in [-0.05, 0) is 48.4 Å². The summed E-state index contributed by atoms with van der Waals surface area (Å²) in [4.78, 5) is 12.7. The van der Waals surface area contributed by atoms with Gasteiger partial charge in [0.1, 0.15) is 21.7 Å². The lowest BCUT2D eigenvalue weighted by Gasteiger charge is -2.26. The molecule has 0 saturated carbocycles. The van der Waals surface area contributed by atoms with Gasteiger partial charge in [0.05, 0.1) is 30.8 Å². The number of benzene rings is 2. The molecule has 0 radical (unpaired) electrons. The quantitative estimate of drug-likeness (QED) is 0.267. The van der Waals surface area contributed by atoms with Crippen LogP contribution in [0.3, 0.4) is 0 Å². The first-order valence-corrected chi connectivity index (χ1v) is 14.2. The van der Waals surface area contributed by atoms with Gasteiger partial charge in [-0.3, -0.25) is 4.79 Å². The van der Waals surface area contributed by atoms with Crippen LogP contribution in [0.2, 0.25) is 0 Å². The Morgan fingerprint density at radius 1 is 0.972 bits per heavy atom. The van der Waals surface area contributed by atoms with Gasteiger partial charge in [-0.15, -0.1) is 0 Å². The van der Waals surface area contributed by atoms with Gasteiger partial charge in [-0.1, -0.05) is 56.3 Å². The largest absolute Gasteiger partial charge is 0.497 e. The first-order chi connectivity index (χ1) is 17.1. The average molecular weight is 521 g/mol. The number of aliphatic hydroxyl groups excluding tert-OH is 2. The highest BCUT2D eigenvalue weighted by Crippen LogP contribution is 2.13. The van der Waals surface area contributed by atoms with Crippen LogP contribution < -0.4 is 15.4 Å². The first-order valence-electron chi connectivity index (χ1n) is 12.3. The van der Waals surface area contributed by atoms with Crippen molar-refractivity contribution in [3.63, 3.8) is 0 Å². The highest BCUT2D eigenvalue weighted by Gasteiger charge is 2.26. The van der Waals surface area contributed by atoms with E-state index in [9.17, 15) is 23.4 Å². The highest BCUT2D eigenvalue weighted by atomic mass is 32.2. The minimum absolute atomic E-state index is 0.0350. The number of hydrogen-bond donors (Lipinski definition) is 4. The van der Waals surface area contributed by atoms with Crippen molar-refractivity contribution in [2.45, 2.75) is 57.9 Å². The molecule has 9 heteroatoms. The zero-order chi connectivity index (χ0) is 26.6. The summed E-state index contributed by atoms with van der Waals surface area (Å²) in [5, 5.41) is 27.1. The lowest BCUT2D eigenvalue weighted by molar-refractivity contribution is -0.131. The molecule has 1 unspecified atom stereocenters. The van der Waals surface area contributed by atoms with Crippen LogP contribution in [0.4, 0.5) is 0 Å². The SMILES string of the molecule is COc1cccc(CNC[C@@H](O)[C@H](Cc2ccccc2)NC(=O)C(O)CCS(=O)(=O)CCC(C)C)c1. The molecule has 0 bridgehead atoms. The predicted molar refractivity (Wildman–Crippen MR) is 142 cm³/mol. The monoisotopic (exact) mass is 520 g/mol. The number of sulfone groups is 1. The van der Waals surface area contributed by atoms with Gasteiger partial charge in [0.15, 0.2) is 0 Å². The lowest BCUT2D eigenvalue weighted by atomic mass is 10.0. The molecule has 3 atom stereocenters. The Balaban J connectivity index is 1.96. The lowest BCUT2D eigenvalue weighted by Crippen LogP contribution is -2.51. The molecule has 0 fully saturated rings. The highest BCUT2D eigenvalue weighted by molar-refractivity contribution is 7.91. The van der Waals surface area contributed by atoms with Crippen LogP contribution in [0, 0.1) is 5.92 Å². The Labute approximate surface area is 215 Å². The third-order valence-electron chi connectivity index (χ3n) is 5.92. The fourth-order valence-corrected chi connectivity index (χ4v) is 5.28. The van der Waals surface area contributed by atoms with E-state index in [-0.39, 0.29) is 30.4 Å². The number of amides is 1. The molecule has 0 aliphatic rings. The van der Waals surface area contributed by atoms with Crippen molar-refractivity contribution in [2.75, 3.05) is 25.2 Å². The number of ether oxygens (including phenoxy) is 1. The summed E-state index contributed by atoms with van der Waals surface area (Å²) < 4.78 is 29.7. The summed E-state index contributed by atoms with van der Waals surface area (Å²) in [7, 11) is -1.75. The van der Waals surface area contributed by atoms with E-state index in [0.717, 1.165) is 16.9 Å². The summed E-state index contributed by atoms with van der Waals surface area (Å²) in [6.07, 6.45) is -1.71. The number of rotatable bonds is 16. The Hall–Kier alpha value is -2.46. The van der Waals surface area contributed by atoms with Gasteiger partial charge < -0.3 is 25.6 Å². The maximum atomic E-state index is 12.7. The molecule has 0 heterocycles. The summed E-state index contributed by atoms with van der Waals surface area (Å²) in [5.74, 6) is 0.0761. The summed E-state index contributed by atoms with van der Waals surface area (Å²) in [6, 6.07) is 16.3. The molecule has 0 saturated heterocycles. The number of nitrogens with one attached hydrogen (secondary N) is 2. The van der Waals surface area contributed by atoms with Crippen molar-refractivity contribution in [1.29, 1.82) is 0 Å². The minimum Gasteiger partial charge on any atom is -0.497 e. The first kappa shape index (κ1) is 29.8. The number of hydrogen-bond acceptors (Lipinski definition) is 7. The Morgan fingerprint density at radius 3 is 2.31 bits per heavy atom. The van der Waals surface area contributed by atoms with Crippen LogP contribution in [-0.4, -0.2) is 67.9 Å². The molecule has 0 aliphatic carbocycles. The van der Waals surface area contributed by atoms with Gasteiger partial charge in [0.2, 0.25) is 5.91 Å². The zero-order valence-electron chi connectivity index (χ0n) is 21.4. The third-order valence-corrected chi connectivity index (χ3v) is 7.63. The molecular formula is C27H40N2O6S. The summed E-state index contributed by atoms with van der Waals surface area (Å²) in [6.45, 7) is 4.59. The average Bonchev–Trinajstić information content (AvgIpc) is 2.86. The van der Waals surface area contributed by atoms with Crippen molar-refractivity contribution < 1.29 is 28.2 Å². The van der Waals surface area contributed by atoms with E-state index < -0.39 is 34.0 Å². The second-order valence-electron chi connectivity index (χ2n) is 9.49. The second kappa shape index (κ2) is 14.9. The fraction of sp³-hybridized carbons (Fsp3) is 0.519. The smallest absolute Gasteiger partial charge is 0.249 e. The van der Waals surface area contributed by atoms with Gasteiger partial charge in [0, 0.05) is 13.1 Å². The summed E-state index contributed by atoms with van der Waals surface area (Å²) in [5.41, 5.74) is 1.90. The maximum Gasteiger partial charge on any atom is 0.249 e. The van der Waals surface area contributed by atoms with Crippen molar-refractivity contribution >= 4 is 15.7 Å². The normalized spacial score (nSPS) is 14.3. The van der Waals surface area contributed by atoms with Crippen molar-refractivity contribution in [3.8, 4) is 5.75 Å². The standard InChI is InChI=1S/C27H40N2O6S/c1-20(2)12-14-36(33,34)15-13-25(30)27(32)29-24(17-21-8-5-4-6-9-21)26(31)19-28-18-22-10-7-11-23(16-22)35-3/h4-11,16,20,24-26,28,30-31H,12-15,17-19H2,1-3H3,(H,29,32)/t24-,25?,26+/m0/s1. The molecular weight excluding hydrogens is 480 g/mol. The zero-order valence-corrected chi connectivity index (χ0v) is 22.2. The molecule has 2 aromatic rings. The molecule has 0 aliphatic heterocycles. The van der Waals surface area contributed by atoms with Crippen LogP contribution in [0.25, 0.3) is 0 Å². The third kappa shape index (κ3) is 11.1. The number of carbonyl (C=O) groups is 1. The molecule has 2 rings (SSSR count). The molecule has 36 heavy (non-hydrogen) atoms. The minimum atomic E-state index is -3.35. The van der Waals surface area contributed by atoms with Crippen LogP contribution >= 0.6 is 0 Å². The van der Waals surface area contributed by atoms with E-state index in [0.29, 0.717) is 19.4 Å². The molecule has 2 aromatic carbocycles. The van der Waals surface area contributed by atoms with Crippen molar-refractivity contribution in [2.24, 2.45) is 5.92 Å². The summed E-state index contributed by atoms with van der Waals surface area (Å²) >= 11 is 0. The number of carbonyl (C=O) groups excluding carboxylic acids is 1. The fourth-order valence-electron chi connectivity index (χ4n) is 3.66. The predicted octanol–water partition coefficient (Wildman–Crippen LogP) is 2.09. The maximum absolute atomic E-state index is 12.7. The Morgan fingerprint density at radius 2 is 1.64 bits per heavy atom. The van der Waals surface area contributed by atoms with Gasteiger partial charge in [-0.2, -0.15) is 0 Å². The topological polar surface area (TPSA) is 125 Å². The van der Waals surface area contributed by atoms with E-state index in [1.54, 1.807) is 7.11 Å². The Bertz CT molecular complexity index is 1030. The second-order valence-corrected chi connectivity index (χ2v) is 11.8. The van der Waals surface area contributed by atoms with E-state index in [1.807, 2.05) is 68.4 Å². The van der Waals surface area contributed by atoms with Gasteiger partial charge in [-0.25, -0.2) is 8.42 Å². The number of methoxy groups -OCH3 is 1. The van der Waals surface area contributed by atoms with E-state index in [2.05, 4.69) is 10.6 Å². The van der Waals surface area contributed by atoms with Crippen LogP contribution in [0.15, 0.2) is 54.6 Å². The molecule has 0 spiro atoms. The van der Waals surface area contributed by atoms with Crippen LogP contribution in [0.1, 0.15) is 37.8 Å². The molecule has 8 nitrogen and oxygen atoms in total. The van der Waals surface area contributed by atoms with E-state index in [1.165, 1.54) is 0 Å². The molecule has 0 aromatic heterocycles. The number of aliphatic hydroxyl groups is 2. The molecule has 1 amide bonds. The van der Waals surface area contributed by atoms with Crippen LogP contribution in [-0.2, 0) is 27.6 Å². The van der Waals surface area contributed by atoms with Crippen LogP contribution in [0.5, 0.6) is 5.75 Å². The van der Waals surface area contributed by atoms with E-state index >= 15 is 0 Å². The van der Waals surface area contributed by atoms with Gasteiger partial charge >= 0.3 is 0 Å². The van der Waals surface area contributed by atoms with E-state index in [4.69, 9.17) is 4.74 Å². The molecule has 4 N–H and O–H groups in total. The molecule has 200 valence electrons. The van der Waals surface area contributed by atoms with Gasteiger partial charge in [0.25, 0.3) is 0 Å². The Kier molecular flexibility index (Phi) is 12.4. The van der Waals surface area contributed by atoms with Crippen molar-refractivity contribution in [1.82, 2.24) is 10.6 Å². The van der Waals surface area contributed by atoms with Crippen molar-refractivity contribution in [3.05, 3.63) is 65.7 Å².